The van der Waals surface area contributed by atoms with Gasteiger partial charge in [-0.3, -0.25) is 9.78 Å². The van der Waals surface area contributed by atoms with E-state index in [1.54, 1.807) is 18.3 Å². The van der Waals surface area contributed by atoms with E-state index < -0.39 is 0 Å². The second-order valence-corrected chi connectivity index (χ2v) is 5.93. The van der Waals surface area contributed by atoms with E-state index in [0.29, 0.717) is 5.56 Å². The molecular weight excluding hydrogens is 312 g/mol. The largest absolute Gasteiger partial charge is 0.321 e. The average molecular weight is 328 g/mol. The Morgan fingerprint density at radius 1 is 0.880 bits per heavy atom. The molecule has 122 valence electrons. The van der Waals surface area contributed by atoms with Gasteiger partial charge in [-0.05, 0) is 56.3 Å². The molecule has 4 rings (SSSR count). The van der Waals surface area contributed by atoms with Gasteiger partial charge in [0, 0.05) is 17.1 Å². The summed E-state index contributed by atoms with van der Waals surface area (Å²) in [5.41, 5.74) is 5.39. The van der Waals surface area contributed by atoms with Crippen molar-refractivity contribution < 1.29 is 4.79 Å². The molecule has 0 aliphatic rings. The zero-order valence-corrected chi connectivity index (χ0v) is 13.9. The molecule has 2 heterocycles. The Morgan fingerprint density at radius 3 is 2.52 bits per heavy atom. The van der Waals surface area contributed by atoms with E-state index in [0.717, 1.165) is 39.0 Å². The number of aryl methyl sites for hydroxylation is 2. The number of amides is 1. The molecule has 5 heteroatoms. The van der Waals surface area contributed by atoms with Gasteiger partial charge in [-0.1, -0.05) is 6.07 Å². The lowest BCUT2D eigenvalue weighted by molar-refractivity contribution is 0.102. The topological polar surface area (TPSA) is 67.8 Å². The van der Waals surface area contributed by atoms with E-state index in [1.165, 1.54) is 0 Å². The maximum atomic E-state index is 12.7. The van der Waals surface area contributed by atoms with Crippen molar-refractivity contribution in [3.63, 3.8) is 0 Å². The molecule has 0 aliphatic heterocycles. The lowest BCUT2D eigenvalue weighted by Crippen LogP contribution is -2.12. The van der Waals surface area contributed by atoms with E-state index in [2.05, 4.69) is 20.3 Å². The highest BCUT2D eigenvalue weighted by Gasteiger charge is 2.11. The Hall–Kier alpha value is -3.34. The molecule has 1 N–H and O–H groups in total. The second-order valence-electron chi connectivity index (χ2n) is 5.93. The zero-order chi connectivity index (χ0) is 17.4. The van der Waals surface area contributed by atoms with Gasteiger partial charge in [-0.25, -0.2) is 9.97 Å². The summed E-state index contributed by atoms with van der Waals surface area (Å²) in [6.07, 6.45) is 1.74. The average Bonchev–Trinajstić information content (AvgIpc) is 2.62. The minimum Gasteiger partial charge on any atom is -0.321 e. The van der Waals surface area contributed by atoms with Crippen LogP contribution in [0.2, 0.25) is 0 Å². The molecule has 1 amide bonds. The van der Waals surface area contributed by atoms with Crippen molar-refractivity contribution in [1.82, 2.24) is 15.0 Å². The van der Waals surface area contributed by atoms with Gasteiger partial charge < -0.3 is 5.32 Å². The smallest absolute Gasteiger partial charge is 0.255 e. The molecule has 0 radical (unpaired) electrons. The standard InChI is InChI=1S/C20H16N4O/c1-12-13(2)23-19-11-14(8-9-18(19)22-12)20(25)24-17-7-3-6-16-15(17)5-4-10-21-16/h3-11H,1-2H3,(H,24,25). The fourth-order valence-electron chi connectivity index (χ4n) is 2.78. The summed E-state index contributed by atoms with van der Waals surface area (Å²) in [6.45, 7) is 3.84. The van der Waals surface area contributed by atoms with E-state index in [-0.39, 0.29) is 5.91 Å². The minimum atomic E-state index is -0.182. The van der Waals surface area contributed by atoms with Gasteiger partial charge in [0.2, 0.25) is 0 Å². The number of hydrogen-bond donors (Lipinski definition) is 1. The summed E-state index contributed by atoms with van der Waals surface area (Å²) in [4.78, 5) is 26.0. The maximum Gasteiger partial charge on any atom is 0.255 e. The third-order valence-electron chi connectivity index (χ3n) is 4.23. The van der Waals surface area contributed by atoms with E-state index >= 15 is 0 Å². The van der Waals surface area contributed by atoms with Crippen molar-refractivity contribution in [2.75, 3.05) is 5.32 Å². The minimum absolute atomic E-state index is 0.182. The number of nitrogens with one attached hydrogen (secondary N) is 1. The molecular formula is C20H16N4O. The van der Waals surface area contributed by atoms with Crippen LogP contribution in [0.4, 0.5) is 5.69 Å². The quantitative estimate of drug-likeness (QED) is 0.603. The number of nitrogens with zero attached hydrogens (tertiary/aromatic N) is 3. The summed E-state index contributed by atoms with van der Waals surface area (Å²) < 4.78 is 0. The number of benzene rings is 2. The van der Waals surface area contributed by atoms with Crippen molar-refractivity contribution in [2.24, 2.45) is 0 Å². The molecule has 0 spiro atoms. The van der Waals surface area contributed by atoms with Crippen LogP contribution >= 0.6 is 0 Å². The SMILES string of the molecule is Cc1nc2ccc(C(=O)Nc3cccc4ncccc34)cc2nc1C. The Balaban J connectivity index is 1.71. The first kappa shape index (κ1) is 15.2. The van der Waals surface area contributed by atoms with Crippen molar-refractivity contribution >= 4 is 33.5 Å². The highest BCUT2D eigenvalue weighted by atomic mass is 16.1. The second kappa shape index (κ2) is 5.94. The molecule has 25 heavy (non-hydrogen) atoms. The van der Waals surface area contributed by atoms with Crippen LogP contribution in [0.5, 0.6) is 0 Å². The molecule has 2 aromatic carbocycles. The monoisotopic (exact) mass is 328 g/mol. The number of rotatable bonds is 2. The summed E-state index contributed by atoms with van der Waals surface area (Å²) in [7, 11) is 0. The first-order valence-corrected chi connectivity index (χ1v) is 8.02. The normalized spacial score (nSPS) is 11.0. The third kappa shape index (κ3) is 2.80. The molecule has 0 bridgehead atoms. The highest BCUT2D eigenvalue weighted by molar-refractivity contribution is 6.09. The fourth-order valence-corrected chi connectivity index (χ4v) is 2.78. The lowest BCUT2D eigenvalue weighted by Gasteiger charge is -2.09. The highest BCUT2D eigenvalue weighted by Crippen LogP contribution is 2.22. The number of fused-ring (bicyclic) bond motifs is 2. The number of aromatic nitrogens is 3. The molecule has 0 saturated heterocycles. The Labute approximate surface area is 144 Å². The van der Waals surface area contributed by atoms with Gasteiger partial charge in [0.15, 0.2) is 0 Å². The van der Waals surface area contributed by atoms with Crippen LogP contribution in [0.1, 0.15) is 21.7 Å². The van der Waals surface area contributed by atoms with Crippen LogP contribution in [-0.2, 0) is 0 Å². The van der Waals surface area contributed by atoms with Gasteiger partial charge >= 0.3 is 0 Å². The van der Waals surface area contributed by atoms with Crippen molar-refractivity contribution in [3.8, 4) is 0 Å². The first-order chi connectivity index (χ1) is 12.1. The number of carbonyl (C=O) groups excluding carboxylic acids is 1. The predicted octanol–water partition coefficient (Wildman–Crippen LogP) is 4.05. The van der Waals surface area contributed by atoms with Crippen molar-refractivity contribution in [3.05, 3.63) is 71.7 Å². The Bertz CT molecular complexity index is 1120. The summed E-state index contributed by atoms with van der Waals surface area (Å²) in [5.74, 6) is -0.182. The molecule has 2 aromatic heterocycles. The van der Waals surface area contributed by atoms with Crippen LogP contribution in [0.15, 0.2) is 54.7 Å². The molecule has 0 saturated carbocycles. The third-order valence-corrected chi connectivity index (χ3v) is 4.23. The molecule has 0 aliphatic carbocycles. The number of pyridine rings is 1. The van der Waals surface area contributed by atoms with E-state index in [4.69, 9.17) is 0 Å². The Kier molecular flexibility index (Phi) is 3.61. The van der Waals surface area contributed by atoms with Crippen LogP contribution in [-0.4, -0.2) is 20.9 Å². The van der Waals surface area contributed by atoms with E-state index in [9.17, 15) is 4.79 Å². The molecule has 0 atom stereocenters. The summed E-state index contributed by atoms with van der Waals surface area (Å²) >= 11 is 0. The number of carbonyl (C=O) groups is 1. The van der Waals surface area contributed by atoms with Crippen molar-refractivity contribution in [1.29, 1.82) is 0 Å². The Morgan fingerprint density at radius 2 is 1.68 bits per heavy atom. The van der Waals surface area contributed by atoms with E-state index in [1.807, 2.05) is 50.2 Å². The summed E-state index contributed by atoms with van der Waals surface area (Å²) in [5, 5.41) is 3.87. The van der Waals surface area contributed by atoms with Crippen molar-refractivity contribution in [2.45, 2.75) is 13.8 Å². The van der Waals surface area contributed by atoms with Gasteiger partial charge in [0.1, 0.15) is 0 Å². The van der Waals surface area contributed by atoms with Gasteiger partial charge in [0.05, 0.1) is 33.6 Å². The van der Waals surface area contributed by atoms with Gasteiger partial charge in [-0.2, -0.15) is 0 Å². The van der Waals surface area contributed by atoms with Crippen LogP contribution in [0, 0.1) is 13.8 Å². The molecule has 0 fully saturated rings. The van der Waals surface area contributed by atoms with Crippen LogP contribution in [0.3, 0.4) is 0 Å². The molecule has 5 nitrogen and oxygen atoms in total. The van der Waals surface area contributed by atoms with Gasteiger partial charge in [-0.15, -0.1) is 0 Å². The lowest BCUT2D eigenvalue weighted by atomic mass is 10.1. The van der Waals surface area contributed by atoms with Gasteiger partial charge in [0.25, 0.3) is 5.91 Å². The fraction of sp³-hybridized carbons (Fsp3) is 0.100. The van der Waals surface area contributed by atoms with Crippen LogP contribution in [0.25, 0.3) is 21.9 Å². The number of anilines is 1. The molecule has 0 unspecified atom stereocenters. The van der Waals surface area contributed by atoms with Crippen LogP contribution < -0.4 is 5.32 Å². The summed E-state index contributed by atoms with van der Waals surface area (Å²) in [6, 6.07) is 14.8. The first-order valence-electron chi connectivity index (χ1n) is 8.02. The molecule has 4 aromatic rings. The maximum absolute atomic E-state index is 12.7. The number of hydrogen-bond acceptors (Lipinski definition) is 4. The predicted molar refractivity (Wildman–Crippen MR) is 98.7 cm³/mol. The zero-order valence-electron chi connectivity index (χ0n) is 13.9.